The summed E-state index contributed by atoms with van der Waals surface area (Å²) < 4.78 is 5.85. The molecule has 0 aliphatic carbocycles. The Bertz CT molecular complexity index is 483. The van der Waals surface area contributed by atoms with E-state index in [2.05, 4.69) is 20.2 Å². The van der Waals surface area contributed by atoms with E-state index in [9.17, 15) is 4.79 Å². The molecule has 1 amide bonds. The molecule has 0 saturated carbocycles. The molecule has 108 valence electrons. The van der Waals surface area contributed by atoms with Crippen LogP contribution in [0.15, 0.2) is 12.4 Å². The molecule has 1 aromatic rings. The van der Waals surface area contributed by atoms with Gasteiger partial charge in [0.2, 0.25) is 5.91 Å². The molecule has 0 bridgehead atoms. The van der Waals surface area contributed by atoms with Crippen molar-refractivity contribution in [2.75, 3.05) is 44.2 Å². The molecule has 0 atom stereocenters. The van der Waals surface area contributed by atoms with Crippen LogP contribution >= 0.6 is 0 Å². The fraction of sp³-hybridized carbons (Fsp3) is 0.615. The zero-order chi connectivity index (χ0) is 13.9. The van der Waals surface area contributed by atoms with Crippen LogP contribution in [0.4, 0.5) is 5.82 Å². The summed E-state index contributed by atoms with van der Waals surface area (Å²) in [7, 11) is 0. The molecule has 0 unspecified atom stereocenters. The van der Waals surface area contributed by atoms with Crippen molar-refractivity contribution in [3.63, 3.8) is 0 Å². The molecule has 2 saturated heterocycles. The number of ether oxygens (including phenoxy) is 1. The van der Waals surface area contributed by atoms with Crippen LogP contribution in [-0.2, 0) is 4.79 Å². The maximum atomic E-state index is 11.3. The van der Waals surface area contributed by atoms with Crippen LogP contribution in [0.1, 0.15) is 6.92 Å². The van der Waals surface area contributed by atoms with Gasteiger partial charge in [0.15, 0.2) is 5.82 Å². The maximum Gasteiger partial charge on any atom is 0.257 e. The highest BCUT2D eigenvalue weighted by Gasteiger charge is 2.25. The minimum atomic E-state index is 0.126. The first kappa shape index (κ1) is 13.1. The Labute approximate surface area is 117 Å². The number of rotatable bonds is 3. The van der Waals surface area contributed by atoms with E-state index in [1.807, 2.05) is 4.90 Å². The Morgan fingerprint density at radius 3 is 2.55 bits per heavy atom. The monoisotopic (exact) mass is 277 g/mol. The largest absolute Gasteiger partial charge is 0.469 e. The molecule has 3 rings (SSSR count). The van der Waals surface area contributed by atoms with E-state index in [1.54, 1.807) is 19.3 Å². The van der Waals surface area contributed by atoms with Gasteiger partial charge in [0.1, 0.15) is 6.10 Å². The normalized spacial score (nSPS) is 19.6. The summed E-state index contributed by atoms with van der Waals surface area (Å²) in [5, 5.41) is 3.17. The number of hydrogen-bond donors (Lipinski definition) is 1. The SMILES string of the molecule is CC(=O)N1CCN(c2nccnc2OC2CNC2)CC1. The van der Waals surface area contributed by atoms with Gasteiger partial charge in [-0.3, -0.25) is 4.79 Å². The molecular weight excluding hydrogens is 258 g/mol. The number of nitrogens with one attached hydrogen (secondary N) is 1. The quantitative estimate of drug-likeness (QED) is 0.803. The fourth-order valence-corrected chi connectivity index (χ4v) is 2.35. The second kappa shape index (κ2) is 5.62. The van der Waals surface area contributed by atoms with Gasteiger partial charge in [0.05, 0.1) is 0 Å². The van der Waals surface area contributed by atoms with Gasteiger partial charge in [-0.2, -0.15) is 0 Å². The first-order chi connectivity index (χ1) is 9.74. The average Bonchev–Trinajstić information content (AvgIpc) is 2.43. The number of hydrogen-bond acceptors (Lipinski definition) is 6. The molecule has 2 aliphatic heterocycles. The Kier molecular flexibility index (Phi) is 3.68. The van der Waals surface area contributed by atoms with Crippen LogP contribution in [0.25, 0.3) is 0 Å². The highest BCUT2D eigenvalue weighted by atomic mass is 16.5. The van der Waals surface area contributed by atoms with Gasteiger partial charge in [-0.05, 0) is 0 Å². The smallest absolute Gasteiger partial charge is 0.257 e. The number of amides is 1. The van der Waals surface area contributed by atoms with Crippen LogP contribution in [0.3, 0.4) is 0 Å². The lowest BCUT2D eigenvalue weighted by atomic mass is 10.2. The standard InChI is InChI=1S/C13H19N5O2/c1-10(19)17-4-6-18(7-5-17)12-13(16-3-2-15-12)20-11-8-14-9-11/h2-3,11,14H,4-9H2,1H3. The first-order valence-electron chi connectivity index (χ1n) is 6.93. The Balaban J connectivity index is 1.68. The molecule has 20 heavy (non-hydrogen) atoms. The highest BCUT2D eigenvalue weighted by Crippen LogP contribution is 2.25. The van der Waals surface area contributed by atoms with Crippen molar-refractivity contribution in [3.8, 4) is 5.88 Å². The Morgan fingerprint density at radius 2 is 1.95 bits per heavy atom. The summed E-state index contributed by atoms with van der Waals surface area (Å²) in [6, 6.07) is 0. The molecule has 2 fully saturated rings. The highest BCUT2D eigenvalue weighted by molar-refractivity contribution is 5.73. The number of nitrogens with zero attached hydrogens (tertiary/aromatic N) is 4. The Hall–Kier alpha value is -1.89. The summed E-state index contributed by atoms with van der Waals surface area (Å²) in [5.41, 5.74) is 0. The second-order valence-electron chi connectivity index (χ2n) is 5.08. The third kappa shape index (κ3) is 2.67. The van der Waals surface area contributed by atoms with Gasteiger partial charge >= 0.3 is 0 Å². The van der Waals surface area contributed by atoms with E-state index < -0.39 is 0 Å². The van der Waals surface area contributed by atoms with Crippen LogP contribution in [0.5, 0.6) is 5.88 Å². The van der Waals surface area contributed by atoms with Crippen molar-refractivity contribution >= 4 is 11.7 Å². The lowest BCUT2D eigenvalue weighted by Gasteiger charge is -2.36. The van der Waals surface area contributed by atoms with Crippen LogP contribution in [0.2, 0.25) is 0 Å². The number of carbonyl (C=O) groups is 1. The summed E-state index contributed by atoms with van der Waals surface area (Å²) in [6.45, 7) is 6.28. The molecule has 7 nitrogen and oxygen atoms in total. The number of carbonyl (C=O) groups excluding carboxylic acids is 1. The summed E-state index contributed by atoms with van der Waals surface area (Å²) in [6.07, 6.45) is 3.51. The van der Waals surface area contributed by atoms with E-state index in [0.29, 0.717) is 5.88 Å². The van der Waals surface area contributed by atoms with Gasteiger partial charge in [-0.1, -0.05) is 0 Å². The third-order valence-corrected chi connectivity index (χ3v) is 3.69. The zero-order valence-corrected chi connectivity index (χ0v) is 11.6. The summed E-state index contributed by atoms with van der Waals surface area (Å²) in [5.74, 6) is 1.50. The number of piperazine rings is 1. The van der Waals surface area contributed by atoms with Crippen molar-refractivity contribution in [3.05, 3.63) is 12.4 Å². The lowest BCUT2D eigenvalue weighted by molar-refractivity contribution is -0.129. The fourth-order valence-electron chi connectivity index (χ4n) is 2.35. The topological polar surface area (TPSA) is 70.6 Å². The lowest BCUT2D eigenvalue weighted by Crippen LogP contribution is -2.51. The van der Waals surface area contributed by atoms with Crippen LogP contribution in [-0.4, -0.2) is 66.1 Å². The van der Waals surface area contributed by atoms with Gasteiger partial charge in [0, 0.05) is 58.6 Å². The second-order valence-corrected chi connectivity index (χ2v) is 5.08. The van der Waals surface area contributed by atoms with E-state index in [4.69, 9.17) is 4.74 Å². The van der Waals surface area contributed by atoms with Gasteiger partial charge < -0.3 is 19.9 Å². The maximum absolute atomic E-state index is 11.3. The minimum absolute atomic E-state index is 0.126. The van der Waals surface area contributed by atoms with E-state index in [-0.39, 0.29) is 12.0 Å². The van der Waals surface area contributed by atoms with E-state index >= 15 is 0 Å². The molecule has 0 radical (unpaired) electrons. The van der Waals surface area contributed by atoms with Crippen LogP contribution < -0.4 is 15.0 Å². The van der Waals surface area contributed by atoms with Crippen molar-refractivity contribution in [2.45, 2.75) is 13.0 Å². The van der Waals surface area contributed by atoms with Gasteiger partial charge in [-0.15, -0.1) is 0 Å². The van der Waals surface area contributed by atoms with Gasteiger partial charge in [-0.25, -0.2) is 9.97 Å². The minimum Gasteiger partial charge on any atom is -0.469 e. The molecule has 0 aromatic carbocycles. The van der Waals surface area contributed by atoms with Crippen molar-refractivity contribution in [1.29, 1.82) is 0 Å². The summed E-state index contributed by atoms with van der Waals surface area (Å²) >= 11 is 0. The number of anilines is 1. The third-order valence-electron chi connectivity index (χ3n) is 3.69. The summed E-state index contributed by atoms with van der Waals surface area (Å²) in [4.78, 5) is 24.0. The molecule has 1 aromatic heterocycles. The van der Waals surface area contributed by atoms with Crippen LogP contribution in [0, 0.1) is 0 Å². The predicted octanol–water partition coefficient (Wildman–Crippen LogP) is -0.504. The molecular formula is C13H19N5O2. The van der Waals surface area contributed by atoms with Crippen molar-refractivity contribution < 1.29 is 9.53 Å². The zero-order valence-electron chi connectivity index (χ0n) is 11.6. The molecule has 3 heterocycles. The molecule has 1 N–H and O–H groups in total. The van der Waals surface area contributed by atoms with E-state index in [0.717, 1.165) is 45.1 Å². The van der Waals surface area contributed by atoms with Crippen molar-refractivity contribution in [1.82, 2.24) is 20.2 Å². The predicted molar refractivity (Wildman–Crippen MR) is 73.8 cm³/mol. The Morgan fingerprint density at radius 1 is 1.25 bits per heavy atom. The van der Waals surface area contributed by atoms with E-state index in [1.165, 1.54) is 0 Å². The van der Waals surface area contributed by atoms with Crippen molar-refractivity contribution in [2.24, 2.45) is 0 Å². The van der Waals surface area contributed by atoms with Gasteiger partial charge in [0.25, 0.3) is 5.88 Å². The first-order valence-corrected chi connectivity index (χ1v) is 6.93. The average molecular weight is 277 g/mol. The molecule has 7 heteroatoms. The molecule has 0 spiro atoms. The number of aromatic nitrogens is 2. The molecule has 2 aliphatic rings.